The summed E-state index contributed by atoms with van der Waals surface area (Å²) in [5.41, 5.74) is 2.17. The first-order valence-corrected chi connectivity index (χ1v) is 6.21. The fourth-order valence-electron chi connectivity index (χ4n) is 2.75. The highest BCUT2D eigenvalue weighted by atomic mass is 16.3. The molecular formula is C14H21NO. The Morgan fingerprint density at radius 3 is 2.50 bits per heavy atom. The van der Waals surface area contributed by atoms with Gasteiger partial charge in [0.1, 0.15) is 5.75 Å². The van der Waals surface area contributed by atoms with E-state index >= 15 is 0 Å². The summed E-state index contributed by atoms with van der Waals surface area (Å²) < 4.78 is 0. The van der Waals surface area contributed by atoms with Gasteiger partial charge < -0.3 is 10.0 Å². The minimum atomic E-state index is 0.410. The van der Waals surface area contributed by atoms with Crippen molar-refractivity contribution in [2.75, 3.05) is 11.9 Å². The summed E-state index contributed by atoms with van der Waals surface area (Å²) in [5, 5.41) is 9.95. The van der Waals surface area contributed by atoms with E-state index < -0.39 is 0 Å². The molecule has 0 spiro atoms. The highest BCUT2D eigenvalue weighted by Gasteiger charge is 2.21. The van der Waals surface area contributed by atoms with Crippen LogP contribution in [-0.4, -0.2) is 18.2 Å². The number of hydrogen-bond acceptors (Lipinski definition) is 2. The molecule has 0 amide bonds. The molecule has 0 saturated heterocycles. The highest BCUT2D eigenvalue weighted by molar-refractivity contribution is 5.63. The Hall–Kier alpha value is -1.18. The summed E-state index contributed by atoms with van der Waals surface area (Å²) in [6, 6.07) is 6.35. The number of nitrogens with zero attached hydrogens (tertiary/aromatic N) is 1. The van der Waals surface area contributed by atoms with Gasteiger partial charge in [0.2, 0.25) is 0 Å². The van der Waals surface area contributed by atoms with Gasteiger partial charge in [0.25, 0.3) is 0 Å². The number of aryl methyl sites for hydroxylation is 1. The molecule has 2 rings (SSSR count). The molecular weight excluding hydrogens is 198 g/mol. The van der Waals surface area contributed by atoms with E-state index in [1.165, 1.54) is 32.1 Å². The first kappa shape index (κ1) is 11.3. The molecule has 0 heterocycles. The van der Waals surface area contributed by atoms with Crippen LogP contribution in [0.5, 0.6) is 5.75 Å². The smallest absolute Gasteiger partial charge is 0.139 e. The molecule has 0 atom stereocenters. The molecule has 1 saturated carbocycles. The van der Waals surface area contributed by atoms with E-state index in [1.807, 2.05) is 6.07 Å². The van der Waals surface area contributed by atoms with Crippen LogP contribution < -0.4 is 4.90 Å². The minimum absolute atomic E-state index is 0.410. The van der Waals surface area contributed by atoms with Crippen molar-refractivity contribution < 1.29 is 5.11 Å². The molecule has 0 radical (unpaired) electrons. The molecule has 1 N–H and O–H groups in total. The maximum Gasteiger partial charge on any atom is 0.139 e. The van der Waals surface area contributed by atoms with Crippen LogP contribution in [0.1, 0.15) is 37.7 Å². The molecule has 88 valence electrons. The average molecular weight is 219 g/mol. The Kier molecular flexibility index (Phi) is 3.37. The van der Waals surface area contributed by atoms with Crippen molar-refractivity contribution in [1.29, 1.82) is 0 Å². The zero-order valence-electron chi connectivity index (χ0n) is 10.2. The Balaban J connectivity index is 2.22. The largest absolute Gasteiger partial charge is 0.506 e. The van der Waals surface area contributed by atoms with Crippen LogP contribution in [0.4, 0.5) is 5.69 Å². The van der Waals surface area contributed by atoms with Gasteiger partial charge in [-0.2, -0.15) is 0 Å². The first-order valence-electron chi connectivity index (χ1n) is 6.21. The lowest BCUT2D eigenvalue weighted by molar-refractivity contribution is 0.419. The van der Waals surface area contributed by atoms with Gasteiger partial charge in [0, 0.05) is 13.1 Å². The molecule has 1 aromatic carbocycles. The molecule has 0 unspecified atom stereocenters. The predicted molar refractivity (Wildman–Crippen MR) is 68.1 cm³/mol. The van der Waals surface area contributed by atoms with Crippen LogP contribution >= 0.6 is 0 Å². The van der Waals surface area contributed by atoms with E-state index in [2.05, 4.69) is 24.9 Å². The molecule has 0 aliphatic heterocycles. The standard InChI is InChI=1S/C14H21NO/c1-11-7-6-10-13(16)14(11)15(2)12-8-4-3-5-9-12/h6-7,10,12,16H,3-5,8-9H2,1-2H3. The number of hydrogen-bond donors (Lipinski definition) is 1. The van der Waals surface area contributed by atoms with Crippen molar-refractivity contribution in [2.24, 2.45) is 0 Å². The van der Waals surface area contributed by atoms with E-state index in [0.29, 0.717) is 11.8 Å². The Bertz CT molecular complexity index is 336. The number of aromatic hydroxyl groups is 1. The first-order chi connectivity index (χ1) is 7.70. The maximum atomic E-state index is 9.95. The minimum Gasteiger partial charge on any atom is -0.506 e. The van der Waals surface area contributed by atoms with Crippen molar-refractivity contribution in [3.63, 3.8) is 0 Å². The molecule has 0 aromatic heterocycles. The molecule has 1 fully saturated rings. The highest BCUT2D eigenvalue weighted by Crippen LogP contribution is 2.34. The summed E-state index contributed by atoms with van der Waals surface area (Å²) in [7, 11) is 2.11. The summed E-state index contributed by atoms with van der Waals surface area (Å²) in [6.45, 7) is 2.06. The molecule has 1 aliphatic rings. The number of phenols is 1. The van der Waals surface area contributed by atoms with E-state index in [0.717, 1.165) is 11.3 Å². The van der Waals surface area contributed by atoms with Gasteiger partial charge in [0.15, 0.2) is 0 Å². The number of para-hydroxylation sites is 1. The number of benzene rings is 1. The molecule has 2 heteroatoms. The second kappa shape index (κ2) is 4.77. The Morgan fingerprint density at radius 2 is 1.88 bits per heavy atom. The van der Waals surface area contributed by atoms with Gasteiger partial charge in [0.05, 0.1) is 5.69 Å². The quantitative estimate of drug-likeness (QED) is 0.823. The van der Waals surface area contributed by atoms with Gasteiger partial charge >= 0.3 is 0 Å². The van der Waals surface area contributed by atoms with Gasteiger partial charge in [-0.05, 0) is 31.4 Å². The summed E-state index contributed by atoms with van der Waals surface area (Å²) >= 11 is 0. The number of phenolic OH excluding ortho intramolecular Hbond substituents is 1. The molecule has 0 bridgehead atoms. The van der Waals surface area contributed by atoms with Crippen LogP contribution in [0.3, 0.4) is 0 Å². The van der Waals surface area contributed by atoms with E-state index in [9.17, 15) is 5.11 Å². The van der Waals surface area contributed by atoms with Crippen molar-refractivity contribution in [3.05, 3.63) is 23.8 Å². The molecule has 2 nitrogen and oxygen atoms in total. The monoisotopic (exact) mass is 219 g/mol. The van der Waals surface area contributed by atoms with Gasteiger partial charge in [-0.15, -0.1) is 0 Å². The molecule has 1 aromatic rings. The van der Waals surface area contributed by atoms with Gasteiger partial charge in [-0.1, -0.05) is 31.4 Å². The zero-order valence-corrected chi connectivity index (χ0v) is 10.2. The van der Waals surface area contributed by atoms with Crippen LogP contribution in [0, 0.1) is 6.92 Å². The summed E-state index contributed by atoms with van der Waals surface area (Å²) in [6.07, 6.45) is 6.52. The fraction of sp³-hybridized carbons (Fsp3) is 0.571. The summed E-state index contributed by atoms with van der Waals surface area (Å²) in [4.78, 5) is 2.27. The third-order valence-corrected chi connectivity index (χ3v) is 3.69. The maximum absolute atomic E-state index is 9.95. The summed E-state index contributed by atoms with van der Waals surface area (Å²) in [5.74, 6) is 0.410. The second-order valence-electron chi connectivity index (χ2n) is 4.85. The molecule has 16 heavy (non-hydrogen) atoms. The number of anilines is 1. The van der Waals surface area contributed by atoms with Gasteiger partial charge in [-0.25, -0.2) is 0 Å². The lowest BCUT2D eigenvalue weighted by atomic mass is 9.94. The van der Waals surface area contributed by atoms with Crippen LogP contribution in [-0.2, 0) is 0 Å². The Labute approximate surface area is 97.9 Å². The normalized spacial score (nSPS) is 17.4. The number of rotatable bonds is 2. The lowest BCUT2D eigenvalue weighted by Crippen LogP contribution is -2.33. The predicted octanol–water partition coefficient (Wildman–Crippen LogP) is 3.47. The van der Waals surface area contributed by atoms with Crippen LogP contribution in [0.15, 0.2) is 18.2 Å². The molecule has 1 aliphatic carbocycles. The topological polar surface area (TPSA) is 23.5 Å². The van der Waals surface area contributed by atoms with Crippen molar-refractivity contribution in [3.8, 4) is 5.75 Å². The average Bonchev–Trinajstić information content (AvgIpc) is 2.30. The van der Waals surface area contributed by atoms with E-state index in [-0.39, 0.29) is 0 Å². The van der Waals surface area contributed by atoms with Crippen molar-refractivity contribution >= 4 is 5.69 Å². The van der Waals surface area contributed by atoms with E-state index in [1.54, 1.807) is 6.07 Å². The third-order valence-electron chi connectivity index (χ3n) is 3.69. The fourth-order valence-corrected chi connectivity index (χ4v) is 2.75. The van der Waals surface area contributed by atoms with Crippen LogP contribution in [0.25, 0.3) is 0 Å². The van der Waals surface area contributed by atoms with Gasteiger partial charge in [-0.3, -0.25) is 0 Å². The van der Waals surface area contributed by atoms with Crippen molar-refractivity contribution in [1.82, 2.24) is 0 Å². The third kappa shape index (κ3) is 2.16. The SMILES string of the molecule is Cc1cccc(O)c1N(C)C1CCCCC1. The van der Waals surface area contributed by atoms with Crippen LogP contribution in [0.2, 0.25) is 0 Å². The van der Waals surface area contributed by atoms with Crippen molar-refractivity contribution in [2.45, 2.75) is 45.1 Å². The lowest BCUT2D eigenvalue weighted by Gasteiger charge is -2.34. The van der Waals surface area contributed by atoms with E-state index in [4.69, 9.17) is 0 Å². The zero-order chi connectivity index (χ0) is 11.5. The second-order valence-corrected chi connectivity index (χ2v) is 4.85. The Morgan fingerprint density at radius 1 is 1.19 bits per heavy atom.